The quantitative estimate of drug-likeness (QED) is 0.203. The van der Waals surface area contributed by atoms with Gasteiger partial charge in [0.05, 0.1) is 29.8 Å². The number of esters is 1. The van der Waals surface area contributed by atoms with Crippen molar-refractivity contribution >= 4 is 38.4 Å². The lowest BCUT2D eigenvalue weighted by atomic mass is 9.61. The van der Waals surface area contributed by atoms with Gasteiger partial charge in [-0.05, 0) is 75.6 Å². The lowest BCUT2D eigenvalue weighted by Gasteiger charge is -2.47. The fourth-order valence-electron chi connectivity index (χ4n) is 7.58. The number of nitrogens with zero attached hydrogens (tertiary/aromatic N) is 7. The number of rotatable bonds is 8. The van der Waals surface area contributed by atoms with Gasteiger partial charge in [0.2, 0.25) is 0 Å². The monoisotopic (exact) mass is 682 g/mol. The standard InChI is InChI=1S/C35H35FN8O4S/c1-4-48-35(45)30-21-7-9-22(10-8-21)31(30)39-33-29-13-23(24-15-38-42(3)17-24)18-43(29)41-32(40-33)28-19-44(34-27(28)14-25(36)16-37-34)49(46,47)26-11-5-20(2)6-12-26/h5-6,11-19,21-22,30-31H,4,7-10H2,1-3H3,(H,39,40,41)/t21?,22?,30-,31-/m0/s1. The Bertz CT molecular complexity index is 2340. The molecule has 0 amide bonds. The van der Waals surface area contributed by atoms with Crippen LogP contribution in [0, 0.1) is 30.5 Å². The molecule has 0 radical (unpaired) electrons. The van der Waals surface area contributed by atoms with Gasteiger partial charge in [-0.2, -0.15) is 5.10 Å². The van der Waals surface area contributed by atoms with E-state index in [2.05, 4.69) is 15.4 Å². The van der Waals surface area contributed by atoms with E-state index >= 15 is 0 Å². The molecular weight excluding hydrogens is 648 g/mol. The fraction of sp³-hybridized carbons (Fsp3) is 0.343. The first-order chi connectivity index (χ1) is 23.6. The van der Waals surface area contributed by atoms with E-state index in [-0.39, 0.29) is 57.1 Å². The molecule has 3 saturated carbocycles. The number of hydrogen-bond acceptors (Lipinski definition) is 9. The number of pyridine rings is 1. The Kier molecular flexibility index (Phi) is 7.50. The van der Waals surface area contributed by atoms with E-state index < -0.39 is 15.8 Å². The summed E-state index contributed by atoms with van der Waals surface area (Å²) in [4.78, 5) is 22.6. The number of carbonyl (C=O) groups excluding carboxylic acids is 1. The van der Waals surface area contributed by atoms with Crippen molar-refractivity contribution in [2.75, 3.05) is 11.9 Å². The Balaban J connectivity index is 1.31. The van der Waals surface area contributed by atoms with Crippen LogP contribution in [0.3, 0.4) is 0 Å². The van der Waals surface area contributed by atoms with Gasteiger partial charge in [-0.15, -0.1) is 5.10 Å². The molecule has 0 saturated heterocycles. The summed E-state index contributed by atoms with van der Waals surface area (Å²) in [6.45, 7) is 3.99. The molecule has 6 aromatic rings. The Morgan fingerprint density at radius 1 is 1.02 bits per heavy atom. The molecule has 0 spiro atoms. The molecule has 1 N–H and O–H groups in total. The molecule has 252 valence electrons. The lowest BCUT2D eigenvalue weighted by Crippen LogP contribution is -2.52. The van der Waals surface area contributed by atoms with E-state index in [4.69, 9.17) is 14.8 Å². The normalized spacial score (nSPS) is 20.7. The molecule has 3 aliphatic carbocycles. The number of halogens is 1. The second-order valence-electron chi connectivity index (χ2n) is 13.0. The van der Waals surface area contributed by atoms with Gasteiger partial charge in [0.15, 0.2) is 17.3 Å². The highest BCUT2D eigenvalue weighted by atomic mass is 32.2. The first-order valence-corrected chi connectivity index (χ1v) is 17.9. The summed E-state index contributed by atoms with van der Waals surface area (Å²) in [6, 6.07) is 9.47. The van der Waals surface area contributed by atoms with E-state index in [1.807, 2.05) is 39.4 Å². The zero-order chi connectivity index (χ0) is 34.0. The minimum atomic E-state index is -4.12. The van der Waals surface area contributed by atoms with E-state index in [0.29, 0.717) is 17.9 Å². The molecule has 5 aromatic heterocycles. The van der Waals surface area contributed by atoms with Crippen molar-refractivity contribution in [1.82, 2.24) is 33.3 Å². The highest BCUT2D eigenvalue weighted by Gasteiger charge is 2.48. The smallest absolute Gasteiger partial charge is 0.311 e. The minimum absolute atomic E-state index is 0.0469. The van der Waals surface area contributed by atoms with Crippen LogP contribution in [0.5, 0.6) is 0 Å². The summed E-state index contributed by atoms with van der Waals surface area (Å²) < 4.78 is 52.6. The first kappa shape index (κ1) is 31.2. The van der Waals surface area contributed by atoms with Crippen LogP contribution in [0.2, 0.25) is 0 Å². The van der Waals surface area contributed by atoms with E-state index in [1.165, 1.54) is 24.4 Å². The van der Waals surface area contributed by atoms with Gasteiger partial charge in [-0.1, -0.05) is 17.7 Å². The second-order valence-corrected chi connectivity index (χ2v) is 14.9. The van der Waals surface area contributed by atoms with Crippen molar-refractivity contribution in [3.05, 3.63) is 78.8 Å². The number of anilines is 1. The van der Waals surface area contributed by atoms with Gasteiger partial charge in [-0.3, -0.25) is 9.48 Å². The van der Waals surface area contributed by atoms with Crippen molar-refractivity contribution in [3.63, 3.8) is 0 Å². The van der Waals surface area contributed by atoms with Crippen molar-refractivity contribution in [2.45, 2.75) is 50.5 Å². The van der Waals surface area contributed by atoms with Gasteiger partial charge < -0.3 is 10.1 Å². The molecule has 2 bridgehead atoms. The number of hydrogen-bond donors (Lipinski definition) is 1. The van der Waals surface area contributed by atoms with Gasteiger partial charge in [0.1, 0.15) is 11.3 Å². The predicted molar refractivity (Wildman–Crippen MR) is 181 cm³/mol. The van der Waals surface area contributed by atoms with Crippen LogP contribution in [0.1, 0.15) is 38.2 Å². The highest BCUT2D eigenvalue weighted by molar-refractivity contribution is 7.90. The van der Waals surface area contributed by atoms with Gasteiger partial charge in [0, 0.05) is 53.8 Å². The van der Waals surface area contributed by atoms with E-state index in [0.717, 1.165) is 52.5 Å². The Labute approximate surface area is 282 Å². The maximum absolute atomic E-state index is 14.8. The molecule has 1 aromatic carbocycles. The summed E-state index contributed by atoms with van der Waals surface area (Å²) in [5.41, 5.74) is 3.61. The van der Waals surface area contributed by atoms with E-state index in [9.17, 15) is 17.6 Å². The average Bonchev–Trinajstić information content (AvgIpc) is 3.82. The number of nitrogens with one attached hydrogen (secondary N) is 1. The number of fused-ring (bicyclic) bond motifs is 5. The molecule has 0 aliphatic heterocycles. The van der Waals surface area contributed by atoms with E-state index in [1.54, 1.807) is 27.5 Å². The van der Waals surface area contributed by atoms with Crippen LogP contribution in [-0.4, -0.2) is 60.4 Å². The molecular formula is C35H35FN8O4S. The van der Waals surface area contributed by atoms with Crippen LogP contribution in [0.25, 0.3) is 39.1 Å². The third-order valence-corrected chi connectivity index (χ3v) is 11.6. The van der Waals surface area contributed by atoms with Crippen molar-refractivity contribution in [3.8, 4) is 22.5 Å². The highest BCUT2D eigenvalue weighted by Crippen LogP contribution is 2.47. The molecule has 12 nitrogen and oxygen atoms in total. The Hall–Kier alpha value is -5.11. The summed E-state index contributed by atoms with van der Waals surface area (Å²) in [7, 11) is -2.28. The summed E-state index contributed by atoms with van der Waals surface area (Å²) in [5.74, 6) is -0.100. The average molecular weight is 683 g/mol. The predicted octanol–water partition coefficient (Wildman–Crippen LogP) is 5.61. The Morgan fingerprint density at radius 3 is 2.49 bits per heavy atom. The van der Waals surface area contributed by atoms with Gasteiger partial charge in [0.25, 0.3) is 10.0 Å². The molecule has 3 fully saturated rings. The maximum Gasteiger partial charge on any atom is 0.311 e. The fourth-order valence-corrected chi connectivity index (χ4v) is 8.90. The molecule has 3 aliphatic rings. The van der Waals surface area contributed by atoms with Crippen molar-refractivity contribution in [2.24, 2.45) is 24.8 Å². The second kappa shape index (κ2) is 11.8. The molecule has 0 unspecified atom stereocenters. The van der Waals surface area contributed by atoms with Gasteiger partial charge in [-0.25, -0.2) is 31.3 Å². The SMILES string of the molecule is CCOC(=O)[C@H]1C2CCC(CC2)[C@@H]1Nc1nc(-c2cn(S(=O)(=O)c3ccc(C)cc3)c3ncc(F)cc23)nn2cc(-c3cnn(C)c3)cc12. The zero-order valence-corrected chi connectivity index (χ0v) is 28.1. The lowest BCUT2D eigenvalue weighted by molar-refractivity contribution is -0.154. The minimum Gasteiger partial charge on any atom is -0.466 e. The van der Waals surface area contributed by atoms with Crippen molar-refractivity contribution < 1.29 is 22.3 Å². The first-order valence-electron chi connectivity index (χ1n) is 16.4. The number of aromatic nitrogens is 7. The third kappa shape index (κ3) is 5.34. The summed E-state index contributed by atoms with van der Waals surface area (Å²) in [6.07, 6.45) is 11.8. The number of benzene rings is 1. The van der Waals surface area contributed by atoms with Crippen LogP contribution in [0.15, 0.2) is 72.3 Å². The third-order valence-electron chi connectivity index (χ3n) is 9.98. The van der Waals surface area contributed by atoms with Crippen LogP contribution in [0.4, 0.5) is 10.2 Å². The van der Waals surface area contributed by atoms with Crippen LogP contribution in [-0.2, 0) is 26.6 Å². The largest absolute Gasteiger partial charge is 0.466 e. The van der Waals surface area contributed by atoms with Gasteiger partial charge >= 0.3 is 5.97 Å². The molecule has 9 rings (SSSR count). The number of carbonyl (C=O) groups is 1. The Morgan fingerprint density at radius 2 is 1.78 bits per heavy atom. The molecule has 5 heterocycles. The zero-order valence-electron chi connectivity index (χ0n) is 27.2. The number of aryl methyl sites for hydroxylation is 2. The summed E-state index contributed by atoms with van der Waals surface area (Å²) in [5, 5.41) is 13.0. The maximum atomic E-state index is 14.8. The van der Waals surface area contributed by atoms with Crippen LogP contribution < -0.4 is 5.32 Å². The van der Waals surface area contributed by atoms with Crippen LogP contribution >= 0.6 is 0 Å². The molecule has 49 heavy (non-hydrogen) atoms. The molecule has 14 heteroatoms. The topological polar surface area (TPSA) is 138 Å². The summed E-state index contributed by atoms with van der Waals surface area (Å²) >= 11 is 0. The van der Waals surface area contributed by atoms with Crippen molar-refractivity contribution in [1.29, 1.82) is 0 Å². The molecule has 2 atom stereocenters. The number of ether oxygens (including phenoxy) is 1.